The van der Waals surface area contributed by atoms with Crippen LogP contribution >= 0.6 is 11.8 Å². The molecule has 0 bridgehead atoms. The molecule has 1 aromatic carbocycles. The average Bonchev–Trinajstić information content (AvgIpc) is 2.54. The molecule has 1 saturated carbocycles. The highest BCUT2D eigenvalue weighted by Crippen LogP contribution is 2.25. The van der Waals surface area contributed by atoms with E-state index in [-0.39, 0.29) is 6.10 Å². The number of hydrogen-bond acceptors (Lipinski definition) is 3. The van der Waals surface area contributed by atoms with Crippen LogP contribution in [0.3, 0.4) is 0 Å². The molecule has 118 valence electrons. The van der Waals surface area contributed by atoms with E-state index >= 15 is 0 Å². The molecule has 2 rings (SSSR count). The lowest BCUT2D eigenvalue weighted by Crippen LogP contribution is -2.34. The maximum Gasteiger partial charge on any atom is 0.0802 e. The number of aliphatic hydroxyl groups is 1. The number of nitrogens with zero attached hydrogens (tertiary/aromatic N) is 1. The van der Waals surface area contributed by atoms with Gasteiger partial charge < -0.3 is 10.0 Å². The van der Waals surface area contributed by atoms with Crippen LogP contribution in [0, 0.1) is 0 Å². The molecule has 0 heterocycles. The van der Waals surface area contributed by atoms with Crippen molar-refractivity contribution in [3.8, 4) is 0 Å². The molecule has 1 aromatic rings. The van der Waals surface area contributed by atoms with Crippen LogP contribution < -0.4 is 0 Å². The third-order valence-corrected chi connectivity index (χ3v) is 5.42. The summed E-state index contributed by atoms with van der Waals surface area (Å²) in [6.07, 6.45) is 7.28. The van der Waals surface area contributed by atoms with E-state index in [0.29, 0.717) is 0 Å². The van der Waals surface area contributed by atoms with E-state index in [0.717, 1.165) is 30.3 Å². The molecule has 0 amide bonds. The summed E-state index contributed by atoms with van der Waals surface area (Å²) >= 11 is 1.84. The van der Waals surface area contributed by atoms with Gasteiger partial charge in [0.1, 0.15) is 0 Å². The molecule has 21 heavy (non-hydrogen) atoms. The second-order valence-electron chi connectivity index (χ2n) is 6.08. The summed E-state index contributed by atoms with van der Waals surface area (Å²) in [4.78, 5) is 3.73. The molecule has 1 aliphatic rings. The number of benzene rings is 1. The van der Waals surface area contributed by atoms with Gasteiger partial charge in [0.15, 0.2) is 0 Å². The predicted octanol–water partition coefficient (Wildman–Crippen LogP) is 4.49. The lowest BCUT2D eigenvalue weighted by Gasteiger charge is -2.31. The second-order valence-corrected chi connectivity index (χ2v) is 7.42. The maximum absolute atomic E-state index is 10.4. The van der Waals surface area contributed by atoms with Crippen molar-refractivity contribution in [2.24, 2.45) is 0 Å². The lowest BCUT2D eigenvalue weighted by molar-refractivity contribution is 0.125. The van der Waals surface area contributed by atoms with Crippen molar-refractivity contribution in [1.29, 1.82) is 0 Å². The van der Waals surface area contributed by atoms with Crippen LogP contribution in [-0.4, -0.2) is 35.4 Å². The van der Waals surface area contributed by atoms with Gasteiger partial charge in [0.2, 0.25) is 0 Å². The standard InChI is InChI=1S/C18H29NOS/c1-3-21-17-11-9-15(10-12-17)18(20)13-14-19(2)16-7-5-4-6-8-16/h9-12,16,18,20H,3-8,13-14H2,1-2H3. The van der Waals surface area contributed by atoms with Crippen molar-refractivity contribution < 1.29 is 5.11 Å². The third-order valence-electron chi connectivity index (χ3n) is 4.53. The van der Waals surface area contributed by atoms with E-state index < -0.39 is 0 Å². The van der Waals surface area contributed by atoms with Crippen molar-refractivity contribution in [2.45, 2.75) is 62.5 Å². The first-order chi connectivity index (χ1) is 10.2. The molecule has 0 aliphatic heterocycles. The Morgan fingerprint density at radius 3 is 2.48 bits per heavy atom. The molecule has 3 heteroatoms. The Labute approximate surface area is 133 Å². The zero-order chi connectivity index (χ0) is 15.1. The number of rotatable bonds is 7. The van der Waals surface area contributed by atoms with E-state index in [1.54, 1.807) is 0 Å². The van der Waals surface area contributed by atoms with Gasteiger partial charge in [-0.25, -0.2) is 0 Å². The largest absolute Gasteiger partial charge is 0.388 e. The normalized spacial score (nSPS) is 18.1. The molecule has 1 unspecified atom stereocenters. The number of aliphatic hydroxyl groups excluding tert-OH is 1. The minimum atomic E-state index is -0.336. The number of hydrogen-bond donors (Lipinski definition) is 1. The Kier molecular flexibility index (Phi) is 7.08. The van der Waals surface area contributed by atoms with Crippen LogP contribution in [0.4, 0.5) is 0 Å². The van der Waals surface area contributed by atoms with E-state index in [4.69, 9.17) is 0 Å². The first-order valence-electron chi connectivity index (χ1n) is 8.31. The van der Waals surface area contributed by atoms with E-state index in [9.17, 15) is 5.11 Å². The van der Waals surface area contributed by atoms with Crippen molar-refractivity contribution in [3.63, 3.8) is 0 Å². The molecule has 1 atom stereocenters. The first kappa shape index (κ1) is 16.9. The second kappa shape index (κ2) is 8.82. The summed E-state index contributed by atoms with van der Waals surface area (Å²) < 4.78 is 0. The van der Waals surface area contributed by atoms with Crippen molar-refractivity contribution in [1.82, 2.24) is 4.90 Å². The van der Waals surface area contributed by atoms with Crippen LogP contribution in [-0.2, 0) is 0 Å². The van der Waals surface area contributed by atoms with Gasteiger partial charge in [-0.2, -0.15) is 0 Å². The summed E-state index contributed by atoms with van der Waals surface area (Å²) in [6.45, 7) is 3.14. The molecular weight excluding hydrogens is 278 g/mol. The SMILES string of the molecule is CCSc1ccc(C(O)CCN(C)C2CCCCC2)cc1. The molecule has 1 aliphatic carbocycles. The third kappa shape index (κ3) is 5.32. The van der Waals surface area contributed by atoms with Gasteiger partial charge in [0, 0.05) is 17.5 Å². The summed E-state index contributed by atoms with van der Waals surface area (Å²) in [7, 11) is 2.21. The molecule has 0 aromatic heterocycles. The first-order valence-corrected chi connectivity index (χ1v) is 9.30. The molecule has 2 nitrogen and oxygen atoms in total. The Hall–Kier alpha value is -0.510. The van der Waals surface area contributed by atoms with Crippen molar-refractivity contribution in [2.75, 3.05) is 19.3 Å². The van der Waals surface area contributed by atoms with Gasteiger partial charge in [-0.05, 0) is 49.8 Å². The highest BCUT2D eigenvalue weighted by molar-refractivity contribution is 7.99. The van der Waals surface area contributed by atoms with Gasteiger partial charge in [-0.3, -0.25) is 0 Å². The zero-order valence-corrected chi connectivity index (χ0v) is 14.2. The highest BCUT2D eigenvalue weighted by Gasteiger charge is 2.18. The Morgan fingerprint density at radius 1 is 1.19 bits per heavy atom. The van der Waals surface area contributed by atoms with E-state index in [2.05, 4.69) is 43.1 Å². The Bertz CT molecular complexity index is 400. The monoisotopic (exact) mass is 307 g/mol. The van der Waals surface area contributed by atoms with Crippen LogP contribution in [0.25, 0.3) is 0 Å². The molecule has 0 spiro atoms. The topological polar surface area (TPSA) is 23.5 Å². The van der Waals surface area contributed by atoms with Crippen LogP contribution in [0.15, 0.2) is 29.2 Å². The van der Waals surface area contributed by atoms with Gasteiger partial charge in [0.25, 0.3) is 0 Å². The summed E-state index contributed by atoms with van der Waals surface area (Å²) in [5.41, 5.74) is 1.05. The van der Waals surface area contributed by atoms with E-state index in [1.807, 2.05) is 11.8 Å². The minimum Gasteiger partial charge on any atom is -0.388 e. The van der Waals surface area contributed by atoms with Crippen molar-refractivity contribution in [3.05, 3.63) is 29.8 Å². The quantitative estimate of drug-likeness (QED) is 0.751. The van der Waals surface area contributed by atoms with Crippen LogP contribution in [0.1, 0.15) is 57.1 Å². The van der Waals surface area contributed by atoms with E-state index in [1.165, 1.54) is 37.0 Å². The van der Waals surface area contributed by atoms with Gasteiger partial charge in [0.05, 0.1) is 6.10 Å². The molecule has 0 radical (unpaired) electrons. The van der Waals surface area contributed by atoms with Gasteiger partial charge in [-0.15, -0.1) is 11.8 Å². The maximum atomic E-state index is 10.4. The minimum absolute atomic E-state index is 0.336. The average molecular weight is 308 g/mol. The lowest BCUT2D eigenvalue weighted by atomic mass is 9.94. The van der Waals surface area contributed by atoms with Gasteiger partial charge >= 0.3 is 0 Å². The van der Waals surface area contributed by atoms with Crippen LogP contribution in [0.2, 0.25) is 0 Å². The Balaban J connectivity index is 1.78. The van der Waals surface area contributed by atoms with Crippen LogP contribution in [0.5, 0.6) is 0 Å². The summed E-state index contributed by atoms with van der Waals surface area (Å²) in [5.74, 6) is 1.09. The smallest absolute Gasteiger partial charge is 0.0802 e. The fourth-order valence-electron chi connectivity index (χ4n) is 3.15. The highest BCUT2D eigenvalue weighted by atomic mass is 32.2. The molecular formula is C18H29NOS. The molecule has 1 fully saturated rings. The zero-order valence-electron chi connectivity index (χ0n) is 13.4. The fraction of sp³-hybridized carbons (Fsp3) is 0.667. The Morgan fingerprint density at radius 2 is 1.86 bits per heavy atom. The summed E-state index contributed by atoms with van der Waals surface area (Å²) in [5, 5.41) is 10.4. The molecule has 1 N–H and O–H groups in total. The summed E-state index contributed by atoms with van der Waals surface area (Å²) in [6, 6.07) is 9.12. The number of thioether (sulfide) groups is 1. The fourth-order valence-corrected chi connectivity index (χ4v) is 3.81. The van der Waals surface area contributed by atoms with Gasteiger partial charge in [-0.1, -0.05) is 38.3 Å². The predicted molar refractivity (Wildman–Crippen MR) is 91.9 cm³/mol. The van der Waals surface area contributed by atoms with Crippen molar-refractivity contribution >= 4 is 11.8 Å². The molecule has 0 saturated heterocycles.